The van der Waals surface area contributed by atoms with Crippen molar-refractivity contribution in [3.63, 3.8) is 0 Å². The Kier molecular flexibility index (Phi) is 5.36. The van der Waals surface area contributed by atoms with Crippen LogP contribution in [0.1, 0.15) is 12.5 Å². The van der Waals surface area contributed by atoms with Crippen molar-refractivity contribution in [2.45, 2.75) is 13.5 Å². The molecule has 128 valence electrons. The van der Waals surface area contributed by atoms with Crippen LogP contribution in [0, 0.1) is 0 Å². The Hall–Kier alpha value is -2.79. The van der Waals surface area contributed by atoms with Gasteiger partial charge in [0.15, 0.2) is 11.6 Å². The average Bonchev–Trinajstić information content (AvgIpc) is 2.65. The van der Waals surface area contributed by atoms with Crippen LogP contribution in [0.3, 0.4) is 0 Å². The van der Waals surface area contributed by atoms with Crippen LogP contribution in [0.5, 0.6) is 0 Å². The molecule has 5 nitrogen and oxygen atoms in total. The largest absolute Gasteiger partial charge is 0.393 e. The highest BCUT2D eigenvalue weighted by molar-refractivity contribution is 6.30. The molecule has 3 rings (SSSR count). The van der Waals surface area contributed by atoms with Crippen molar-refractivity contribution in [3.05, 3.63) is 71.5 Å². The van der Waals surface area contributed by atoms with Crippen molar-refractivity contribution in [3.8, 4) is 0 Å². The van der Waals surface area contributed by atoms with Crippen LogP contribution in [0.4, 0.5) is 23.0 Å². The molecule has 0 bridgehead atoms. The molecule has 1 heterocycles. The molecule has 0 fully saturated rings. The Balaban J connectivity index is 1.82. The molecule has 0 amide bonds. The lowest BCUT2D eigenvalue weighted by Gasteiger charge is -2.24. The maximum absolute atomic E-state index is 6.34. The molecule has 2 aromatic carbocycles. The molecular weight excluding hydrogens is 334 g/mol. The first-order valence-corrected chi connectivity index (χ1v) is 8.48. The molecule has 0 aliphatic carbocycles. The number of aromatic nitrogens is 2. The van der Waals surface area contributed by atoms with Gasteiger partial charge >= 0.3 is 0 Å². The summed E-state index contributed by atoms with van der Waals surface area (Å²) in [7, 11) is 0. The summed E-state index contributed by atoms with van der Waals surface area (Å²) in [5.41, 5.74) is 9.00. The Morgan fingerprint density at radius 3 is 2.44 bits per heavy atom. The Morgan fingerprint density at radius 1 is 1.04 bits per heavy atom. The lowest BCUT2D eigenvalue weighted by molar-refractivity contribution is 0.975. The van der Waals surface area contributed by atoms with E-state index in [1.807, 2.05) is 54.6 Å². The molecule has 1 aromatic heterocycles. The van der Waals surface area contributed by atoms with Crippen molar-refractivity contribution in [2.75, 3.05) is 22.5 Å². The van der Waals surface area contributed by atoms with Crippen molar-refractivity contribution in [1.29, 1.82) is 0 Å². The Morgan fingerprint density at radius 2 is 1.76 bits per heavy atom. The van der Waals surface area contributed by atoms with Crippen molar-refractivity contribution in [1.82, 2.24) is 9.97 Å². The molecule has 25 heavy (non-hydrogen) atoms. The van der Waals surface area contributed by atoms with Gasteiger partial charge in [-0.25, -0.2) is 9.97 Å². The smallest absolute Gasteiger partial charge is 0.161 e. The molecule has 0 unspecified atom stereocenters. The summed E-state index contributed by atoms with van der Waals surface area (Å²) in [5.74, 6) is 1.32. The number of para-hydroxylation sites is 1. The van der Waals surface area contributed by atoms with Crippen molar-refractivity contribution >= 4 is 34.6 Å². The van der Waals surface area contributed by atoms with Gasteiger partial charge in [-0.15, -0.1) is 0 Å². The second-order valence-electron chi connectivity index (χ2n) is 5.52. The fourth-order valence-corrected chi connectivity index (χ4v) is 2.72. The standard InChI is InChI=1S/C19H20ClN5/c1-2-25(16-6-4-3-5-7-16)19-17(21)18(23-13-24-19)22-12-14-8-10-15(20)11-9-14/h3-11,13H,2,12,21H2,1H3,(H,22,23,24). The first-order chi connectivity index (χ1) is 12.2. The number of nitrogens with zero attached hydrogens (tertiary/aromatic N) is 3. The van der Waals surface area contributed by atoms with E-state index in [9.17, 15) is 0 Å². The average molecular weight is 354 g/mol. The van der Waals surface area contributed by atoms with Crippen LogP contribution in [-0.2, 0) is 6.54 Å². The second-order valence-corrected chi connectivity index (χ2v) is 5.96. The van der Waals surface area contributed by atoms with Gasteiger partial charge in [0.25, 0.3) is 0 Å². The van der Waals surface area contributed by atoms with E-state index in [1.54, 1.807) is 0 Å². The molecule has 6 heteroatoms. The maximum atomic E-state index is 6.34. The van der Waals surface area contributed by atoms with Gasteiger partial charge in [0.2, 0.25) is 0 Å². The number of nitrogens with one attached hydrogen (secondary N) is 1. The number of nitrogens with two attached hydrogens (primary N) is 1. The number of anilines is 4. The summed E-state index contributed by atoms with van der Waals surface area (Å²) in [4.78, 5) is 10.7. The predicted molar refractivity (Wildman–Crippen MR) is 104 cm³/mol. The van der Waals surface area contributed by atoms with Gasteiger partial charge in [0.05, 0.1) is 0 Å². The van der Waals surface area contributed by atoms with E-state index in [0.717, 1.165) is 17.8 Å². The topological polar surface area (TPSA) is 67.1 Å². The summed E-state index contributed by atoms with van der Waals surface area (Å²) in [5, 5.41) is 3.99. The lowest BCUT2D eigenvalue weighted by atomic mass is 10.2. The first kappa shape index (κ1) is 17.0. The van der Waals surface area contributed by atoms with Crippen LogP contribution in [-0.4, -0.2) is 16.5 Å². The normalized spacial score (nSPS) is 10.5. The van der Waals surface area contributed by atoms with Gasteiger partial charge < -0.3 is 16.0 Å². The molecule has 0 saturated carbocycles. The maximum Gasteiger partial charge on any atom is 0.161 e. The van der Waals surface area contributed by atoms with Crippen LogP contribution < -0.4 is 16.0 Å². The summed E-state index contributed by atoms with van der Waals surface area (Å²) in [6, 6.07) is 17.7. The zero-order valence-electron chi connectivity index (χ0n) is 14.0. The van der Waals surface area contributed by atoms with E-state index in [1.165, 1.54) is 6.33 Å². The fraction of sp³-hybridized carbons (Fsp3) is 0.158. The molecular formula is C19H20ClN5. The monoisotopic (exact) mass is 353 g/mol. The van der Waals surface area contributed by atoms with Gasteiger partial charge in [-0.2, -0.15) is 0 Å². The highest BCUT2D eigenvalue weighted by Gasteiger charge is 2.15. The van der Waals surface area contributed by atoms with E-state index in [2.05, 4.69) is 27.1 Å². The predicted octanol–water partition coefficient (Wildman–Crippen LogP) is 4.48. The van der Waals surface area contributed by atoms with Gasteiger partial charge in [-0.05, 0) is 36.8 Å². The molecule has 0 spiro atoms. The molecule has 3 N–H and O–H groups in total. The van der Waals surface area contributed by atoms with E-state index >= 15 is 0 Å². The third-order valence-electron chi connectivity index (χ3n) is 3.88. The van der Waals surface area contributed by atoms with Crippen molar-refractivity contribution < 1.29 is 0 Å². The van der Waals surface area contributed by atoms with Crippen LogP contribution in [0.2, 0.25) is 5.02 Å². The summed E-state index contributed by atoms with van der Waals surface area (Å²) in [6.45, 7) is 3.42. The van der Waals surface area contributed by atoms with Crippen LogP contribution >= 0.6 is 11.6 Å². The molecule has 0 saturated heterocycles. The first-order valence-electron chi connectivity index (χ1n) is 8.10. The zero-order valence-corrected chi connectivity index (χ0v) is 14.7. The third kappa shape index (κ3) is 4.00. The van der Waals surface area contributed by atoms with E-state index in [-0.39, 0.29) is 0 Å². The molecule has 0 aliphatic heterocycles. The highest BCUT2D eigenvalue weighted by Crippen LogP contribution is 2.31. The Bertz CT molecular complexity index is 821. The highest BCUT2D eigenvalue weighted by atomic mass is 35.5. The number of hydrogen-bond acceptors (Lipinski definition) is 5. The van der Waals surface area contributed by atoms with Gasteiger partial charge in [0, 0.05) is 23.8 Å². The second kappa shape index (κ2) is 7.85. The van der Waals surface area contributed by atoms with E-state index in [4.69, 9.17) is 17.3 Å². The molecule has 3 aromatic rings. The summed E-state index contributed by atoms with van der Waals surface area (Å²) < 4.78 is 0. The van der Waals surface area contributed by atoms with Crippen LogP contribution in [0.25, 0.3) is 0 Å². The van der Waals surface area contributed by atoms with E-state index in [0.29, 0.717) is 28.9 Å². The van der Waals surface area contributed by atoms with Crippen LogP contribution in [0.15, 0.2) is 60.9 Å². The SMILES string of the molecule is CCN(c1ccccc1)c1ncnc(NCc2ccc(Cl)cc2)c1N. The van der Waals surface area contributed by atoms with Gasteiger partial charge in [0.1, 0.15) is 12.0 Å². The minimum atomic E-state index is 0.530. The quantitative estimate of drug-likeness (QED) is 0.683. The number of rotatable bonds is 6. The number of halogens is 1. The molecule has 0 aliphatic rings. The molecule has 0 radical (unpaired) electrons. The van der Waals surface area contributed by atoms with Crippen molar-refractivity contribution in [2.24, 2.45) is 0 Å². The number of nitrogen functional groups attached to an aromatic ring is 1. The molecule has 0 atom stereocenters. The third-order valence-corrected chi connectivity index (χ3v) is 4.13. The summed E-state index contributed by atoms with van der Waals surface area (Å²) in [6.07, 6.45) is 1.53. The summed E-state index contributed by atoms with van der Waals surface area (Å²) >= 11 is 5.92. The zero-order chi connectivity index (χ0) is 17.6. The fourth-order valence-electron chi connectivity index (χ4n) is 2.59. The van der Waals surface area contributed by atoms with E-state index < -0.39 is 0 Å². The van der Waals surface area contributed by atoms with Gasteiger partial charge in [-0.1, -0.05) is 41.9 Å². The number of hydrogen-bond donors (Lipinski definition) is 2. The lowest BCUT2D eigenvalue weighted by Crippen LogP contribution is -2.20. The Labute approximate surface area is 152 Å². The van der Waals surface area contributed by atoms with Gasteiger partial charge in [-0.3, -0.25) is 0 Å². The minimum absolute atomic E-state index is 0.530. The number of benzene rings is 2. The minimum Gasteiger partial charge on any atom is -0.393 e.